The molecule has 10 nitrogen and oxygen atoms in total. The minimum atomic E-state index is -3.56. The number of nitrogens with zero attached hydrogens (tertiary/aromatic N) is 3. The molecule has 0 unspecified atom stereocenters. The van der Waals surface area contributed by atoms with Gasteiger partial charge in [0.25, 0.3) is 5.91 Å². The Hall–Kier alpha value is -3.41. The number of aryl methyl sites for hydroxylation is 1. The topological polar surface area (TPSA) is 123 Å². The van der Waals surface area contributed by atoms with Crippen LogP contribution in [0.3, 0.4) is 0 Å². The first-order valence-corrected chi connectivity index (χ1v) is 11.5. The molecule has 0 spiro atoms. The molecule has 0 saturated heterocycles. The Morgan fingerprint density at radius 3 is 2.36 bits per heavy atom. The van der Waals surface area contributed by atoms with Gasteiger partial charge >= 0.3 is 0 Å². The van der Waals surface area contributed by atoms with Gasteiger partial charge in [-0.3, -0.25) is 9.48 Å². The van der Waals surface area contributed by atoms with Gasteiger partial charge in [-0.2, -0.15) is 5.10 Å². The number of nitrogens with one attached hydrogen (secondary N) is 1. The molecule has 3 aromatic rings. The number of benzene rings is 2. The van der Waals surface area contributed by atoms with Crippen LogP contribution in [0.1, 0.15) is 17.3 Å². The number of aliphatic hydroxyl groups is 1. The molecule has 3 rings (SSSR count). The second-order valence-electron chi connectivity index (χ2n) is 7.49. The molecule has 1 heterocycles. The molecule has 0 aliphatic heterocycles. The summed E-state index contributed by atoms with van der Waals surface area (Å²) in [5.41, 5.74) is 0.255. The molecule has 176 valence electrons. The second kappa shape index (κ2) is 10.0. The number of rotatable bonds is 9. The SMILES string of the molecule is C[C@@H](CO)Oc1cc(Oc2ccc(S(=O)(=O)N(C)C)cc2)cc(C(=O)Nc2ccn(C)n2)c1. The number of carbonyl (C=O) groups excluding carboxylic acids is 1. The fourth-order valence-corrected chi connectivity index (χ4v) is 3.70. The number of amides is 1. The van der Waals surface area contributed by atoms with Gasteiger partial charge in [-0.25, -0.2) is 12.7 Å². The lowest BCUT2D eigenvalue weighted by atomic mass is 10.2. The maximum atomic E-state index is 12.8. The number of sulfonamides is 1. The van der Waals surface area contributed by atoms with E-state index in [1.165, 1.54) is 50.5 Å². The van der Waals surface area contributed by atoms with Gasteiger partial charge in [0, 0.05) is 45.0 Å². The molecule has 0 saturated carbocycles. The van der Waals surface area contributed by atoms with E-state index in [-0.39, 0.29) is 17.1 Å². The fraction of sp³-hybridized carbons (Fsp3) is 0.273. The van der Waals surface area contributed by atoms with Crippen LogP contribution in [-0.2, 0) is 17.1 Å². The van der Waals surface area contributed by atoms with E-state index in [1.54, 1.807) is 37.0 Å². The molecule has 0 aliphatic carbocycles. The maximum absolute atomic E-state index is 12.8. The van der Waals surface area contributed by atoms with Crippen molar-refractivity contribution in [3.05, 3.63) is 60.3 Å². The summed E-state index contributed by atoms with van der Waals surface area (Å²) in [6.45, 7) is 1.48. The summed E-state index contributed by atoms with van der Waals surface area (Å²) in [5.74, 6) is 0.959. The molecule has 0 bridgehead atoms. The average Bonchev–Trinajstić information content (AvgIpc) is 3.18. The number of aliphatic hydroxyl groups excluding tert-OH is 1. The molecule has 11 heteroatoms. The van der Waals surface area contributed by atoms with Gasteiger partial charge in [0.1, 0.15) is 23.4 Å². The lowest BCUT2D eigenvalue weighted by Gasteiger charge is -2.15. The van der Waals surface area contributed by atoms with Crippen LogP contribution >= 0.6 is 0 Å². The summed E-state index contributed by atoms with van der Waals surface area (Å²) in [7, 11) is 1.08. The zero-order valence-electron chi connectivity index (χ0n) is 18.7. The summed E-state index contributed by atoms with van der Waals surface area (Å²) in [5, 5.41) is 16.1. The largest absolute Gasteiger partial charge is 0.488 e. The third kappa shape index (κ3) is 6.09. The Balaban J connectivity index is 1.87. The van der Waals surface area contributed by atoms with Crippen molar-refractivity contribution in [3.8, 4) is 17.2 Å². The Labute approximate surface area is 192 Å². The third-order valence-electron chi connectivity index (χ3n) is 4.53. The molecular formula is C22H26N4O6S. The number of ether oxygens (including phenoxy) is 2. The lowest BCUT2D eigenvalue weighted by Crippen LogP contribution is -2.22. The van der Waals surface area contributed by atoms with E-state index in [9.17, 15) is 18.3 Å². The number of anilines is 1. The highest BCUT2D eigenvalue weighted by Gasteiger charge is 2.17. The number of hydrogen-bond acceptors (Lipinski definition) is 7. The monoisotopic (exact) mass is 474 g/mol. The van der Waals surface area contributed by atoms with E-state index in [0.717, 1.165) is 4.31 Å². The van der Waals surface area contributed by atoms with Crippen LogP contribution in [0.25, 0.3) is 0 Å². The van der Waals surface area contributed by atoms with E-state index in [1.807, 2.05) is 0 Å². The standard InChI is InChI=1S/C22H26N4O6S/c1-15(14-27)31-18-11-16(22(28)23-21-9-10-26(4)24-21)12-19(13-18)32-17-5-7-20(8-6-17)33(29,30)25(2)3/h5-13,15,27H,14H2,1-4H3,(H,23,24,28)/t15-/m0/s1. The number of hydrogen-bond donors (Lipinski definition) is 2. The van der Waals surface area contributed by atoms with E-state index in [4.69, 9.17) is 9.47 Å². The maximum Gasteiger partial charge on any atom is 0.257 e. The van der Waals surface area contributed by atoms with Crippen LogP contribution in [-0.4, -0.2) is 60.3 Å². The van der Waals surface area contributed by atoms with E-state index >= 15 is 0 Å². The molecule has 0 fully saturated rings. The smallest absolute Gasteiger partial charge is 0.257 e. The Morgan fingerprint density at radius 2 is 1.79 bits per heavy atom. The van der Waals surface area contributed by atoms with Crippen molar-refractivity contribution in [2.45, 2.75) is 17.9 Å². The van der Waals surface area contributed by atoms with E-state index < -0.39 is 22.0 Å². The van der Waals surface area contributed by atoms with Gasteiger partial charge in [0.2, 0.25) is 10.0 Å². The minimum Gasteiger partial charge on any atom is -0.488 e. The summed E-state index contributed by atoms with van der Waals surface area (Å²) in [4.78, 5) is 12.9. The first kappa shape index (κ1) is 24.2. The van der Waals surface area contributed by atoms with Crippen LogP contribution in [0, 0.1) is 0 Å². The molecule has 2 N–H and O–H groups in total. The molecular weight excluding hydrogens is 448 g/mol. The lowest BCUT2D eigenvalue weighted by molar-refractivity contribution is 0.102. The second-order valence-corrected chi connectivity index (χ2v) is 9.65. The first-order chi connectivity index (χ1) is 15.6. The first-order valence-electron chi connectivity index (χ1n) is 10.0. The van der Waals surface area contributed by atoms with Crippen molar-refractivity contribution in [1.29, 1.82) is 0 Å². The van der Waals surface area contributed by atoms with Crippen molar-refractivity contribution in [3.63, 3.8) is 0 Å². The highest BCUT2D eigenvalue weighted by molar-refractivity contribution is 7.89. The number of carbonyl (C=O) groups is 1. The van der Waals surface area contributed by atoms with Gasteiger partial charge in [0.15, 0.2) is 5.82 Å². The van der Waals surface area contributed by atoms with Gasteiger partial charge in [-0.05, 0) is 43.3 Å². The normalized spacial score (nSPS) is 12.4. The fourth-order valence-electron chi connectivity index (χ4n) is 2.80. The van der Waals surface area contributed by atoms with E-state index in [2.05, 4.69) is 10.4 Å². The van der Waals surface area contributed by atoms with Crippen LogP contribution in [0.4, 0.5) is 5.82 Å². The predicted molar refractivity (Wildman–Crippen MR) is 122 cm³/mol. The Kier molecular flexibility index (Phi) is 7.36. The molecule has 0 radical (unpaired) electrons. The quantitative estimate of drug-likeness (QED) is 0.488. The van der Waals surface area contributed by atoms with Crippen molar-refractivity contribution in [2.24, 2.45) is 7.05 Å². The zero-order valence-corrected chi connectivity index (χ0v) is 19.5. The average molecular weight is 475 g/mol. The predicted octanol–water partition coefficient (Wildman–Crippen LogP) is 2.47. The van der Waals surface area contributed by atoms with Crippen LogP contribution in [0.2, 0.25) is 0 Å². The van der Waals surface area contributed by atoms with Crippen molar-refractivity contribution in [2.75, 3.05) is 26.0 Å². The molecule has 1 amide bonds. The Morgan fingerprint density at radius 1 is 1.12 bits per heavy atom. The van der Waals surface area contributed by atoms with Crippen LogP contribution in [0.15, 0.2) is 59.6 Å². The van der Waals surface area contributed by atoms with Crippen LogP contribution < -0.4 is 14.8 Å². The number of aromatic nitrogens is 2. The molecule has 2 aromatic carbocycles. The van der Waals surface area contributed by atoms with Crippen molar-refractivity contribution >= 4 is 21.7 Å². The molecule has 1 aromatic heterocycles. The summed E-state index contributed by atoms with van der Waals surface area (Å²) < 4.78 is 38.7. The van der Waals surface area contributed by atoms with Gasteiger partial charge in [0.05, 0.1) is 11.5 Å². The molecule has 1 atom stereocenters. The van der Waals surface area contributed by atoms with Crippen LogP contribution in [0.5, 0.6) is 17.2 Å². The summed E-state index contributed by atoms with van der Waals surface area (Å²) >= 11 is 0. The molecule has 0 aliphatic rings. The third-order valence-corrected chi connectivity index (χ3v) is 6.36. The highest BCUT2D eigenvalue weighted by atomic mass is 32.2. The highest BCUT2D eigenvalue weighted by Crippen LogP contribution is 2.29. The zero-order chi connectivity index (χ0) is 24.2. The minimum absolute atomic E-state index is 0.129. The van der Waals surface area contributed by atoms with Crippen molar-refractivity contribution in [1.82, 2.24) is 14.1 Å². The van der Waals surface area contributed by atoms with Gasteiger partial charge < -0.3 is 19.9 Å². The van der Waals surface area contributed by atoms with Gasteiger partial charge in [-0.1, -0.05) is 0 Å². The summed E-state index contributed by atoms with van der Waals surface area (Å²) in [6.07, 6.45) is 1.20. The summed E-state index contributed by atoms with van der Waals surface area (Å²) in [6, 6.07) is 12.2. The van der Waals surface area contributed by atoms with Gasteiger partial charge in [-0.15, -0.1) is 0 Å². The van der Waals surface area contributed by atoms with Crippen molar-refractivity contribution < 1.29 is 27.8 Å². The van der Waals surface area contributed by atoms with E-state index in [0.29, 0.717) is 23.1 Å². The Bertz CT molecular complexity index is 1220. The molecule has 33 heavy (non-hydrogen) atoms.